The molecule has 0 aliphatic rings. The predicted molar refractivity (Wildman–Crippen MR) is 58.7 cm³/mol. The van der Waals surface area contributed by atoms with E-state index in [1.54, 1.807) is 0 Å². The first kappa shape index (κ1) is 13.1. The van der Waals surface area contributed by atoms with Crippen molar-refractivity contribution < 1.29 is 13.9 Å². The quantitative estimate of drug-likeness (QED) is 0.832. The largest absolute Gasteiger partial charge is 0.391 e. The van der Waals surface area contributed by atoms with Gasteiger partial charge in [0.2, 0.25) is 0 Å². The number of nitrogens with two attached hydrogens (primary N) is 1. The highest BCUT2D eigenvalue weighted by atomic mass is 19.1. The van der Waals surface area contributed by atoms with Gasteiger partial charge in [0.15, 0.2) is 0 Å². The Kier molecular flexibility index (Phi) is 4.38. The van der Waals surface area contributed by atoms with E-state index in [9.17, 15) is 13.9 Å². The molecule has 0 heterocycles. The highest BCUT2D eigenvalue weighted by molar-refractivity contribution is 5.23. The lowest BCUT2D eigenvalue weighted by atomic mass is 9.95. The Hall–Kier alpha value is -1.00. The molecule has 2 atom stereocenters. The molecule has 0 aliphatic heterocycles. The van der Waals surface area contributed by atoms with Crippen LogP contribution >= 0.6 is 0 Å². The first-order valence-electron chi connectivity index (χ1n) is 5.31. The summed E-state index contributed by atoms with van der Waals surface area (Å²) in [4.78, 5) is 0. The van der Waals surface area contributed by atoms with Crippen molar-refractivity contribution in [3.8, 4) is 0 Å². The smallest absolute Gasteiger partial charge is 0.131 e. The van der Waals surface area contributed by atoms with Gasteiger partial charge in [-0.05, 0) is 24.5 Å². The molecule has 0 aromatic heterocycles. The van der Waals surface area contributed by atoms with E-state index in [1.165, 1.54) is 6.07 Å². The molecule has 0 radical (unpaired) electrons. The number of benzene rings is 1. The summed E-state index contributed by atoms with van der Waals surface area (Å²) in [6.07, 6.45) is -0.527. The second-order valence-corrected chi connectivity index (χ2v) is 4.36. The van der Waals surface area contributed by atoms with Crippen LogP contribution in [0.1, 0.15) is 31.9 Å². The summed E-state index contributed by atoms with van der Waals surface area (Å²) in [6, 6.07) is 2.53. The van der Waals surface area contributed by atoms with Gasteiger partial charge in [0.25, 0.3) is 0 Å². The van der Waals surface area contributed by atoms with Gasteiger partial charge in [0.1, 0.15) is 11.6 Å². The molecule has 0 saturated heterocycles. The number of halogens is 2. The van der Waals surface area contributed by atoms with Gasteiger partial charge in [-0.3, -0.25) is 0 Å². The molecule has 0 unspecified atom stereocenters. The first-order valence-corrected chi connectivity index (χ1v) is 5.31. The molecule has 2 nitrogen and oxygen atoms in total. The van der Waals surface area contributed by atoms with Crippen molar-refractivity contribution in [3.63, 3.8) is 0 Å². The van der Waals surface area contributed by atoms with Crippen molar-refractivity contribution in [3.05, 3.63) is 35.4 Å². The summed E-state index contributed by atoms with van der Waals surface area (Å²) in [5, 5.41) is 9.73. The second-order valence-electron chi connectivity index (χ2n) is 4.36. The van der Waals surface area contributed by atoms with Crippen LogP contribution in [0.25, 0.3) is 0 Å². The van der Waals surface area contributed by atoms with E-state index in [2.05, 4.69) is 0 Å². The van der Waals surface area contributed by atoms with E-state index < -0.39 is 23.8 Å². The maximum atomic E-state index is 13.4. The lowest BCUT2D eigenvalue weighted by Crippen LogP contribution is -2.29. The van der Waals surface area contributed by atoms with Crippen LogP contribution in [0.3, 0.4) is 0 Å². The molecule has 0 bridgehead atoms. The minimum atomic E-state index is -1.02. The summed E-state index contributed by atoms with van der Waals surface area (Å²) in [7, 11) is 0. The summed E-state index contributed by atoms with van der Waals surface area (Å²) < 4.78 is 26.7. The first-order chi connectivity index (χ1) is 7.43. The van der Waals surface area contributed by atoms with Crippen molar-refractivity contribution in [2.75, 3.05) is 0 Å². The van der Waals surface area contributed by atoms with Crippen LogP contribution in [0.5, 0.6) is 0 Å². The molecule has 1 aromatic rings. The lowest BCUT2D eigenvalue weighted by molar-refractivity contribution is 0.118. The predicted octanol–water partition coefficient (Wildman–Crippen LogP) is 2.37. The van der Waals surface area contributed by atoms with Crippen LogP contribution in [0.4, 0.5) is 8.78 Å². The molecule has 4 heteroatoms. The molecule has 0 saturated carbocycles. The van der Waals surface area contributed by atoms with Crippen LogP contribution in [0.2, 0.25) is 0 Å². The molecule has 0 spiro atoms. The summed E-state index contributed by atoms with van der Waals surface area (Å²) in [5.41, 5.74) is 5.42. The standard InChI is InChI=1S/C12H17F2NO/c1-7(2)6-10(16)12(15)11-8(13)4-3-5-9(11)14/h3-5,7,10,12,16H,6,15H2,1-2H3/t10-,12-/m0/s1. The van der Waals surface area contributed by atoms with Crippen LogP contribution < -0.4 is 5.73 Å². The third-order valence-electron chi connectivity index (χ3n) is 2.46. The Morgan fingerprint density at radius 3 is 2.19 bits per heavy atom. The normalized spacial score (nSPS) is 15.2. The topological polar surface area (TPSA) is 46.2 Å². The number of rotatable bonds is 4. The van der Waals surface area contributed by atoms with Gasteiger partial charge >= 0.3 is 0 Å². The zero-order chi connectivity index (χ0) is 12.3. The zero-order valence-corrected chi connectivity index (χ0v) is 9.45. The number of hydrogen-bond donors (Lipinski definition) is 2. The molecule has 0 amide bonds. The van der Waals surface area contributed by atoms with Crippen molar-refractivity contribution in [1.29, 1.82) is 0 Å². The molecule has 0 aliphatic carbocycles. The Morgan fingerprint density at radius 1 is 1.25 bits per heavy atom. The maximum absolute atomic E-state index is 13.4. The van der Waals surface area contributed by atoms with Gasteiger partial charge < -0.3 is 10.8 Å². The second kappa shape index (κ2) is 5.37. The van der Waals surface area contributed by atoms with Gasteiger partial charge in [0, 0.05) is 5.56 Å². The van der Waals surface area contributed by atoms with Crippen LogP contribution in [0, 0.1) is 17.6 Å². The van der Waals surface area contributed by atoms with Crippen LogP contribution in [-0.4, -0.2) is 11.2 Å². The Bertz CT molecular complexity index is 335. The molecule has 0 fully saturated rings. The molecular weight excluding hydrogens is 212 g/mol. The molecule has 90 valence electrons. The highest BCUT2D eigenvalue weighted by Crippen LogP contribution is 2.24. The zero-order valence-electron chi connectivity index (χ0n) is 9.45. The summed E-state index contributed by atoms with van der Waals surface area (Å²) in [5.74, 6) is -1.21. The molecule has 1 rings (SSSR count). The highest BCUT2D eigenvalue weighted by Gasteiger charge is 2.23. The van der Waals surface area contributed by atoms with E-state index in [1.807, 2.05) is 13.8 Å². The Morgan fingerprint density at radius 2 is 1.75 bits per heavy atom. The van der Waals surface area contributed by atoms with Crippen molar-refractivity contribution in [2.24, 2.45) is 11.7 Å². The van der Waals surface area contributed by atoms with E-state index in [4.69, 9.17) is 5.73 Å². The fraction of sp³-hybridized carbons (Fsp3) is 0.500. The van der Waals surface area contributed by atoms with Gasteiger partial charge in [-0.1, -0.05) is 19.9 Å². The minimum absolute atomic E-state index is 0.218. The van der Waals surface area contributed by atoms with E-state index in [-0.39, 0.29) is 11.5 Å². The number of aliphatic hydroxyl groups excluding tert-OH is 1. The Balaban J connectivity index is 2.91. The van der Waals surface area contributed by atoms with Gasteiger partial charge in [-0.2, -0.15) is 0 Å². The molecular formula is C12H17F2NO. The van der Waals surface area contributed by atoms with Gasteiger partial charge in [0.05, 0.1) is 12.1 Å². The molecule has 16 heavy (non-hydrogen) atoms. The molecule has 1 aromatic carbocycles. The Labute approximate surface area is 94.1 Å². The van der Waals surface area contributed by atoms with Gasteiger partial charge in [-0.15, -0.1) is 0 Å². The average Bonchev–Trinajstić information content (AvgIpc) is 2.16. The number of hydrogen-bond acceptors (Lipinski definition) is 2. The fourth-order valence-electron chi connectivity index (χ4n) is 1.65. The third-order valence-corrected chi connectivity index (χ3v) is 2.46. The third kappa shape index (κ3) is 3.00. The fourth-order valence-corrected chi connectivity index (χ4v) is 1.65. The average molecular weight is 229 g/mol. The van der Waals surface area contributed by atoms with Crippen LogP contribution in [-0.2, 0) is 0 Å². The maximum Gasteiger partial charge on any atom is 0.131 e. The SMILES string of the molecule is CC(C)C[C@H](O)[C@H](N)c1c(F)cccc1F. The molecule has 3 N–H and O–H groups in total. The van der Waals surface area contributed by atoms with Crippen molar-refractivity contribution >= 4 is 0 Å². The van der Waals surface area contributed by atoms with Crippen molar-refractivity contribution in [1.82, 2.24) is 0 Å². The van der Waals surface area contributed by atoms with E-state index in [0.717, 1.165) is 12.1 Å². The van der Waals surface area contributed by atoms with Gasteiger partial charge in [-0.25, -0.2) is 8.78 Å². The lowest BCUT2D eigenvalue weighted by Gasteiger charge is -2.21. The number of aliphatic hydroxyl groups is 1. The summed E-state index contributed by atoms with van der Waals surface area (Å²) in [6.45, 7) is 3.82. The van der Waals surface area contributed by atoms with E-state index in [0.29, 0.717) is 6.42 Å². The van der Waals surface area contributed by atoms with E-state index >= 15 is 0 Å². The monoisotopic (exact) mass is 229 g/mol. The summed E-state index contributed by atoms with van der Waals surface area (Å²) >= 11 is 0. The minimum Gasteiger partial charge on any atom is -0.391 e. The van der Waals surface area contributed by atoms with Crippen LogP contribution in [0.15, 0.2) is 18.2 Å². The van der Waals surface area contributed by atoms with Crippen molar-refractivity contribution in [2.45, 2.75) is 32.4 Å².